The Morgan fingerprint density at radius 3 is 2.88 bits per heavy atom. The molecule has 0 aromatic carbocycles. The van der Waals surface area contributed by atoms with Gasteiger partial charge in [-0.1, -0.05) is 6.42 Å². The Morgan fingerprint density at radius 1 is 1.38 bits per heavy atom. The molecule has 2 fully saturated rings. The van der Waals surface area contributed by atoms with Crippen LogP contribution >= 0.6 is 0 Å². The molecule has 3 N–H and O–H groups in total. The zero-order chi connectivity index (χ0) is 11.4. The standard InChI is InChI=1S/C11H20N2O3/c12-4-8-2-1-3-9(8)6-15-7-10-5-13-11(14)16-10/h8-10H,1-7,12H2,(H,13,14). The van der Waals surface area contributed by atoms with E-state index in [-0.39, 0.29) is 12.2 Å². The van der Waals surface area contributed by atoms with Crippen LogP contribution < -0.4 is 11.1 Å². The molecule has 92 valence electrons. The van der Waals surface area contributed by atoms with Gasteiger partial charge in [0, 0.05) is 6.61 Å². The average molecular weight is 228 g/mol. The zero-order valence-corrected chi connectivity index (χ0v) is 9.48. The minimum Gasteiger partial charge on any atom is -0.442 e. The second kappa shape index (κ2) is 5.50. The summed E-state index contributed by atoms with van der Waals surface area (Å²) in [4.78, 5) is 10.8. The number of rotatable bonds is 5. The first-order chi connectivity index (χ1) is 7.79. The summed E-state index contributed by atoms with van der Waals surface area (Å²) >= 11 is 0. The van der Waals surface area contributed by atoms with E-state index < -0.39 is 0 Å². The van der Waals surface area contributed by atoms with E-state index in [2.05, 4.69) is 5.32 Å². The van der Waals surface area contributed by atoms with E-state index in [9.17, 15) is 4.79 Å². The zero-order valence-electron chi connectivity index (χ0n) is 9.48. The van der Waals surface area contributed by atoms with Gasteiger partial charge in [0.25, 0.3) is 0 Å². The van der Waals surface area contributed by atoms with Crippen LogP contribution in [0.4, 0.5) is 4.79 Å². The van der Waals surface area contributed by atoms with Gasteiger partial charge in [0.1, 0.15) is 6.10 Å². The Kier molecular flexibility index (Phi) is 4.01. The van der Waals surface area contributed by atoms with Crippen molar-refractivity contribution in [2.75, 3.05) is 26.3 Å². The quantitative estimate of drug-likeness (QED) is 0.718. The van der Waals surface area contributed by atoms with E-state index in [0.29, 0.717) is 25.0 Å². The van der Waals surface area contributed by atoms with Gasteiger partial charge in [0.05, 0.1) is 13.2 Å². The molecule has 1 aliphatic carbocycles. The molecule has 0 aromatic heterocycles. The first-order valence-electron chi connectivity index (χ1n) is 6.02. The van der Waals surface area contributed by atoms with Crippen LogP contribution in [0.5, 0.6) is 0 Å². The Hall–Kier alpha value is -0.810. The Morgan fingerprint density at radius 2 is 2.19 bits per heavy atom. The molecule has 0 aromatic rings. The number of carbonyl (C=O) groups excluding carboxylic acids is 1. The van der Waals surface area contributed by atoms with Crippen molar-refractivity contribution in [3.8, 4) is 0 Å². The normalized spacial score (nSPS) is 33.8. The fraction of sp³-hybridized carbons (Fsp3) is 0.909. The molecule has 3 unspecified atom stereocenters. The van der Waals surface area contributed by atoms with Gasteiger partial charge in [-0.2, -0.15) is 0 Å². The molecular formula is C11H20N2O3. The topological polar surface area (TPSA) is 73.6 Å². The smallest absolute Gasteiger partial charge is 0.407 e. The minimum absolute atomic E-state index is 0.120. The molecule has 5 nitrogen and oxygen atoms in total. The maximum Gasteiger partial charge on any atom is 0.407 e. The Balaban J connectivity index is 1.62. The number of hydrogen-bond acceptors (Lipinski definition) is 4. The van der Waals surface area contributed by atoms with Crippen molar-refractivity contribution in [1.82, 2.24) is 5.32 Å². The molecule has 3 atom stereocenters. The van der Waals surface area contributed by atoms with E-state index in [1.165, 1.54) is 19.3 Å². The number of cyclic esters (lactones) is 1. The molecule has 1 aliphatic heterocycles. The SMILES string of the molecule is NCC1CCCC1COCC1CNC(=O)O1. The predicted octanol–water partition coefficient (Wildman–Crippen LogP) is 0.486. The maximum absolute atomic E-state index is 10.8. The van der Waals surface area contributed by atoms with Crippen molar-refractivity contribution in [1.29, 1.82) is 0 Å². The Bertz CT molecular complexity index is 247. The second-order valence-corrected chi connectivity index (χ2v) is 4.63. The molecular weight excluding hydrogens is 208 g/mol. The maximum atomic E-state index is 10.8. The van der Waals surface area contributed by atoms with Gasteiger partial charge in [-0.25, -0.2) is 4.79 Å². The molecule has 0 bridgehead atoms. The fourth-order valence-electron chi connectivity index (χ4n) is 2.52. The Labute approximate surface area is 95.7 Å². The van der Waals surface area contributed by atoms with Crippen LogP contribution in [-0.4, -0.2) is 38.5 Å². The van der Waals surface area contributed by atoms with Crippen molar-refractivity contribution in [2.45, 2.75) is 25.4 Å². The number of ether oxygens (including phenoxy) is 2. The summed E-state index contributed by atoms with van der Waals surface area (Å²) in [6.07, 6.45) is 3.24. The van der Waals surface area contributed by atoms with Gasteiger partial charge in [-0.15, -0.1) is 0 Å². The third kappa shape index (κ3) is 2.86. The summed E-state index contributed by atoms with van der Waals surface area (Å²) in [6.45, 7) is 2.56. The molecule has 5 heteroatoms. The van der Waals surface area contributed by atoms with Crippen LogP contribution in [0.25, 0.3) is 0 Å². The summed E-state index contributed by atoms with van der Waals surface area (Å²) in [6, 6.07) is 0. The fourth-order valence-corrected chi connectivity index (χ4v) is 2.52. The van der Waals surface area contributed by atoms with Crippen LogP contribution in [0.15, 0.2) is 0 Å². The third-order valence-electron chi connectivity index (χ3n) is 3.50. The van der Waals surface area contributed by atoms with E-state index in [1.54, 1.807) is 0 Å². The minimum atomic E-state index is -0.339. The van der Waals surface area contributed by atoms with Crippen molar-refractivity contribution < 1.29 is 14.3 Å². The van der Waals surface area contributed by atoms with Crippen LogP contribution in [-0.2, 0) is 9.47 Å². The van der Waals surface area contributed by atoms with Gasteiger partial charge in [-0.3, -0.25) is 0 Å². The molecule has 16 heavy (non-hydrogen) atoms. The summed E-state index contributed by atoms with van der Waals surface area (Å²) in [5, 5.41) is 2.61. The first-order valence-corrected chi connectivity index (χ1v) is 6.02. The van der Waals surface area contributed by atoms with Crippen molar-refractivity contribution in [3.63, 3.8) is 0 Å². The summed E-state index contributed by atoms with van der Waals surface area (Å²) < 4.78 is 10.6. The van der Waals surface area contributed by atoms with Crippen molar-refractivity contribution in [2.24, 2.45) is 17.6 Å². The number of alkyl carbamates (subject to hydrolysis) is 1. The third-order valence-corrected chi connectivity index (χ3v) is 3.50. The van der Waals surface area contributed by atoms with E-state index >= 15 is 0 Å². The van der Waals surface area contributed by atoms with Crippen LogP contribution in [0.2, 0.25) is 0 Å². The number of amides is 1. The lowest BCUT2D eigenvalue weighted by atomic mass is 9.97. The van der Waals surface area contributed by atoms with Gasteiger partial charge in [0.2, 0.25) is 0 Å². The monoisotopic (exact) mass is 228 g/mol. The molecule has 0 radical (unpaired) electrons. The van der Waals surface area contributed by atoms with Gasteiger partial charge >= 0.3 is 6.09 Å². The van der Waals surface area contributed by atoms with Gasteiger partial charge in [-0.05, 0) is 31.2 Å². The summed E-state index contributed by atoms with van der Waals surface area (Å²) in [7, 11) is 0. The van der Waals surface area contributed by atoms with Crippen LogP contribution in [0, 0.1) is 11.8 Å². The molecule has 1 amide bonds. The highest BCUT2D eigenvalue weighted by Gasteiger charge is 2.27. The predicted molar refractivity (Wildman–Crippen MR) is 59.0 cm³/mol. The largest absolute Gasteiger partial charge is 0.442 e. The molecule has 1 heterocycles. The number of hydrogen-bond donors (Lipinski definition) is 2. The van der Waals surface area contributed by atoms with Crippen molar-refractivity contribution in [3.05, 3.63) is 0 Å². The summed E-state index contributed by atoms with van der Waals surface area (Å²) in [5.74, 6) is 1.21. The average Bonchev–Trinajstić information content (AvgIpc) is 2.87. The van der Waals surface area contributed by atoms with Gasteiger partial charge in [0.15, 0.2) is 0 Å². The van der Waals surface area contributed by atoms with E-state index in [0.717, 1.165) is 13.2 Å². The lowest BCUT2D eigenvalue weighted by Gasteiger charge is -2.18. The molecule has 1 saturated carbocycles. The molecule has 1 saturated heterocycles. The highest BCUT2D eigenvalue weighted by molar-refractivity contribution is 5.69. The van der Waals surface area contributed by atoms with Crippen LogP contribution in [0.1, 0.15) is 19.3 Å². The number of nitrogens with one attached hydrogen (secondary N) is 1. The number of nitrogens with two attached hydrogens (primary N) is 1. The second-order valence-electron chi connectivity index (χ2n) is 4.63. The van der Waals surface area contributed by atoms with Crippen molar-refractivity contribution >= 4 is 6.09 Å². The summed E-state index contributed by atoms with van der Waals surface area (Å²) in [5.41, 5.74) is 5.70. The molecule has 2 aliphatic rings. The highest BCUT2D eigenvalue weighted by Crippen LogP contribution is 2.30. The molecule has 0 spiro atoms. The van der Waals surface area contributed by atoms with E-state index in [4.69, 9.17) is 15.2 Å². The molecule has 2 rings (SSSR count). The highest BCUT2D eigenvalue weighted by atomic mass is 16.6. The van der Waals surface area contributed by atoms with Crippen LogP contribution in [0.3, 0.4) is 0 Å². The van der Waals surface area contributed by atoms with E-state index in [1.807, 2.05) is 0 Å². The first kappa shape index (κ1) is 11.7. The lowest BCUT2D eigenvalue weighted by Crippen LogP contribution is -2.26. The number of carbonyl (C=O) groups is 1. The van der Waals surface area contributed by atoms with Gasteiger partial charge < -0.3 is 20.5 Å². The lowest BCUT2D eigenvalue weighted by molar-refractivity contribution is 0.0248.